The van der Waals surface area contributed by atoms with E-state index in [0.29, 0.717) is 6.54 Å². The van der Waals surface area contributed by atoms with Crippen molar-refractivity contribution in [1.82, 2.24) is 9.38 Å². The van der Waals surface area contributed by atoms with E-state index in [1.165, 1.54) is 10.4 Å². The predicted molar refractivity (Wildman–Crippen MR) is 75.1 cm³/mol. The van der Waals surface area contributed by atoms with E-state index in [9.17, 15) is 0 Å². The Morgan fingerprint density at radius 2 is 2.00 bits per heavy atom. The topological polar surface area (TPSA) is 43.3 Å². The minimum absolute atomic E-state index is 0.654. The highest BCUT2D eigenvalue weighted by molar-refractivity contribution is 7.17. The van der Waals surface area contributed by atoms with Gasteiger partial charge in [-0.25, -0.2) is 4.98 Å². The number of nitrogens with two attached hydrogens (primary N) is 1. The van der Waals surface area contributed by atoms with Crippen LogP contribution in [0.2, 0.25) is 0 Å². The van der Waals surface area contributed by atoms with Gasteiger partial charge in [0.25, 0.3) is 0 Å². The van der Waals surface area contributed by atoms with Gasteiger partial charge in [-0.1, -0.05) is 30.3 Å². The molecule has 0 aliphatic carbocycles. The molecule has 0 bridgehead atoms. The van der Waals surface area contributed by atoms with Crippen LogP contribution < -0.4 is 5.73 Å². The van der Waals surface area contributed by atoms with Crippen molar-refractivity contribution in [2.45, 2.75) is 12.8 Å². The van der Waals surface area contributed by atoms with Crippen LogP contribution in [0, 0.1) is 0 Å². The normalized spacial score (nSPS) is 11.2. The van der Waals surface area contributed by atoms with E-state index in [4.69, 9.17) is 5.73 Å². The van der Waals surface area contributed by atoms with Gasteiger partial charge in [0.1, 0.15) is 0 Å². The Kier molecular flexibility index (Phi) is 3.13. The number of fused-ring (bicyclic) bond motifs is 1. The minimum atomic E-state index is 0.654. The molecule has 2 heterocycles. The second-order valence-electron chi connectivity index (χ2n) is 4.32. The van der Waals surface area contributed by atoms with Gasteiger partial charge in [0, 0.05) is 30.1 Å². The lowest BCUT2D eigenvalue weighted by Crippen LogP contribution is -2.02. The van der Waals surface area contributed by atoms with Crippen molar-refractivity contribution in [3.05, 3.63) is 58.9 Å². The van der Waals surface area contributed by atoms with Gasteiger partial charge in [0.05, 0.1) is 5.69 Å². The summed E-state index contributed by atoms with van der Waals surface area (Å²) in [6, 6.07) is 10.5. The summed E-state index contributed by atoms with van der Waals surface area (Å²) in [5.41, 5.74) is 7.95. The Hall–Kier alpha value is -1.65. The maximum Gasteiger partial charge on any atom is 0.194 e. The van der Waals surface area contributed by atoms with Gasteiger partial charge in [-0.3, -0.25) is 4.40 Å². The van der Waals surface area contributed by atoms with Crippen LogP contribution in [-0.4, -0.2) is 15.9 Å². The van der Waals surface area contributed by atoms with Crippen molar-refractivity contribution >= 4 is 16.3 Å². The molecule has 4 heteroatoms. The maximum atomic E-state index is 5.54. The molecule has 1 aromatic carbocycles. The molecule has 0 spiro atoms. The third-order valence-electron chi connectivity index (χ3n) is 2.88. The van der Waals surface area contributed by atoms with Gasteiger partial charge < -0.3 is 5.73 Å². The van der Waals surface area contributed by atoms with E-state index in [-0.39, 0.29) is 0 Å². The lowest BCUT2D eigenvalue weighted by atomic mass is 10.1. The van der Waals surface area contributed by atoms with E-state index in [1.807, 2.05) is 6.07 Å². The quantitative estimate of drug-likeness (QED) is 0.780. The minimum Gasteiger partial charge on any atom is -0.330 e. The Morgan fingerprint density at radius 1 is 1.17 bits per heavy atom. The summed E-state index contributed by atoms with van der Waals surface area (Å²) < 4.78 is 2.11. The number of rotatable bonds is 4. The number of benzene rings is 1. The molecule has 2 N–H and O–H groups in total. The Balaban J connectivity index is 1.83. The van der Waals surface area contributed by atoms with Crippen LogP contribution in [0.1, 0.15) is 16.1 Å². The Morgan fingerprint density at radius 3 is 2.72 bits per heavy atom. The van der Waals surface area contributed by atoms with Crippen molar-refractivity contribution in [3.8, 4) is 0 Å². The first-order chi connectivity index (χ1) is 8.85. The highest BCUT2D eigenvalue weighted by Crippen LogP contribution is 2.21. The smallest absolute Gasteiger partial charge is 0.194 e. The van der Waals surface area contributed by atoms with E-state index in [1.54, 1.807) is 11.3 Å². The monoisotopic (exact) mass is 257 g/mol. The fraction of sp³-hybridized carbons (Fsp3) is 0.214. The molecule has 3 aromatic rings. The standard InChI is InChI=1S/C14H15N3S/c15-7-6-12-9-17-10-13(18-14(17)16-12)8-11-4-2-1-3-5-11/h1-5,9-10H,6-8,15H2. The SMILES string of the molecule is NCCc1cn2cc(Cc3ccccc3)sc2n1. The highest BCUT2D eigenvalue weighted by Gasteiger charge is 2.06. The van der Waals surface area contributed by atoms with Crippen molar-refractivity contribution in [2.24, 2.45) is 5.73 Å². The fourth-order valence-corrected chi connectivity index (χ4v) is 3.05. The van der Waals surface area contributed by atoms with Gasteiger partial charge in [0.15, 0.2) is 4.96 Å². The summed E-state index contributed by atoms with van der Waals surface area (Å²) >= 11 is 1.75. The number of imidazole rings is 1. The molecular weight excluding hydrogens is 242 g/mol. The fourth-order valence-electron chi connectivity index (χ4n) is 2.04. The van der Waals surface area contributed by atoms with E-state index in [2.05, 4.69) is 46.0 Å². The van der Waals surface area contributed by atoms with Crippen molar-refractivity contribution in [3.63, 3.8) is 0 Å². The molecular formula is C14H15N3S. The van der Waals surface area contributed by atoms with Crippen LogP contribution >= 0.6 is 11.3 Å². The molecule has 0 aliphatic rings. The summed E-state index contributed by atoms with van der Waals surface area (Å²) in [4.78, 5) is 6.96. The molecule has 0 atom stereocenters. The van der Waals surface area contributed by atoms with Crippen molar-refractivity contribution < 1.29 is 0 Å². The summed E-state index contributed by atoms with van der Waals surface area (Å²) in [6.45, 7) is 0.654. The van der Waals surface area contributed by atoms with Gasteiger partial charge in [-0.2, -0.15) is 0 Å². The van der Waals surface area contributed by atoms with Crippen LogP contribution in [-0.2, 0) is 12.8 Å². The van der Waals surface area contributed by atoms with Crippen LogP contribution in [0.4, 0.5) is 0 Å². The number of hydrogen-bond acceptors (Lipinski definition) is 3. The van der Waals surface area contributed by atoms with Crippen LogP contribution in [0.3, 0.4) is 0 Å². The third-order valence-corrected chi connectivity index (χ3v) is 3.87. The number of thiazole rings is 1. The van der Waals surface area contributed by atoms with Gasteiger partial charge in [0.2, 0.25) is 0 Å². The Bertz CT molecular complexity index is 608. The van der Waals surface area contributed by atoms with E-state index >= 15 is 0 Å². The molecule has 0 aliphatic heterocycles. The zero-order valence-corrected chi connectivity index (χ0v) is 10.9. The zero-order chi connectivity index (χ0) is 12.4. The summed E-state index contributed by atoms with van der Waals surface area (Å²) in [7, 11) is 0. The van der Waals surface area contributed by atoms with Gasteiger partial charge in [-0.05, 0) is 12.1 Å². The van der Waals surface area contributed by atoms with Crippen molar-refractivity contribution in [2.75, 3.05) is 6.54 Å². The molecule has 0 saturated heterocycles. The van der Waals surface area contributed by atoms with Crippen LogP contribution in [0.5, 0.6) is 0 Å². The second-order valence-corrected chi connectivity index (χ2v) is 5.41. The molecule has 0 amide bonds. The predicted octanol–water partition coefficient (Wildman–Crippen LogP) is 2.49. The number of aromatic nitrogens is 2. The molecule has 3 rings (SSSR count). The maximum absolute atomic E-state index is 5.54. The summed E-state index contributed by atoms with van der Waals surface area (Å²) in [5, 5.41) is 0. The molecule has 0 saturated carbocycles. The third kappa shape index (κ3) is 2.30. The molecule has 2 aromatic heterocycles. The first kappa shape index (κ1) is 11.4. The molecule has 0 unspecified atom stereocenters. The summed E-state index contributed by atoms with van der Waals surface area (Å²) in [6.07, 6.45) is 6.07. The van der Waals surface area contributed by atoms with E-state index < -0.39 is 0 Å². The van der Waals surface area contributed by atoms with Crippen molar-refractivity contribution in [1.29, 1.82) is 0 Å². The molecule has 0 radical (unpaired) electrons. The molecule has 3 nitrogen and oxygen atoms in total. The first-order valence-corrected chi connectivity index (χ1v) is 6.87. The van der Waals surface area contributed by atoms with Gasteiger partial charge in [-0.15, -0.1) is 11.3 Å². The highest BCUT2D eigenvalue weighted by atomic mass is 32.1. The lowest BCUT2D eigenvalue weighted by Gasteiger charge is -1.96. The van der Waals surface area contributed by atoms with Gasteiger partial charge >= 0.3 is 0 Å². The molecule has 0 fully saturated rings. The van der Waals surface area contributed by atoms with E-state index in [0.717, 1.165) is 23.5 Å². The number of nitrogens with zero attached hydrogens (tertiary/aromatic N) is 2. The average Bonchev–Trinajstić information content (AvgIpc) is 2.88. The second kappa shape index (κ2) is 4.92. The van der Waals surface area contributed by atoms with Crippen LogP contribution in [0.15, 0.2) is 42.7 Å². The largest absolute Gasteiger partial charge is 0.330 e. The average molecular weight is 257 g/mol. The molecule has 92 valence electrons. The first-order valence-electron chi connectivity index (χ1n) is 6.05. The number of hydrogen-bond donors (Lipinski definition) is 1. The summed E-state index contributed by atoms with van der Waals surface area (Å²) in [5.74, 6) is 0. The lowest BCUT2D eigenvalue weighted by molar-refractivity contribution is 0.936. The Labute approximate surface area is 110 Å². The van der Waals surface area contributed by atoms with Crippen LogP contribution in [0.25, 0.3) is 4.96 Å². The molecule has 18 heavy (non-hydrogen) atoms. The zero-order valence-electron chi connectivity index (χ0n) is 10.0.